The van der Waals surface area contributed by atoms with Gasteiger partial charge in [-0.2, -0.15) is 9.97 Å². The Bertz CT molecular complexity index is 1550. The Morgan fingerprint density at radius 2 is 1.73 bits per heavy atom. The number of pyridine rings is 1. The second kappa shape index (κ2) is 11.3. The largest absolute Gasteiger partial charge is 0.479 e. The third-order valence-electron chi connectivity index (χ3n) is 6.22. The summed E-state index contributed by atoms with van der Waals surface area (Å²) in [6.07, 6.45) is 6.14. The summed E-state index contributed by atoms with van der Waals surface area (Å²) < 4.78 is 61.3. The molecule has 4 aromatic rings. The molecule has 1 fully saturated rings. The fourth-order valence-electron chi connectivity index (χ4n) is 4.33. The number of piperidine rings is 1. The SMILES string of the molecule is COc1ncnc(OC)c1-n1c(NS(=O)(=O)[C@@H]2C[C@H](OC)CN(c3ncc(F)cn3)C2)nnc1-c1cccnc1. The Morgan fingerprint density at radius 3 is 2.35 bits per heavy atom. The molecule has 2 atom stereocenters. The van der Waals surface area contributed by atoms with Gasteiger partial charge in [0.15, 0.2) is 17.3 Å². The molecule has 0 unspecified atom stereocenters. The van der Waals surface area contributed by atoms with Crippen molar-refractivity contribution < 1.29 is 27.0 Å². The van der Waals surface area contributed by atoms with Gasteiger partial charge in [-0.05, 0) is 18.6 Å². The average molecular weight is 573 g/mol. The first-order valence-electron chi connectivity index (χ1n) is 11.9. The zero-order chi connectivity index (χ0) is 28.3. The maximum absolute atomic E-state index is 13.8. The molecule has 0 aromatic carbocycles. The molecule has 1 saturated heterocycles. The molecule has 5 rings (SSSR count). The second-order valence-corrected chi connectivity index (χ2v) is 10.6. The van der Waals surface area contributed by atoms with Crippen molar-refractivity contribution in [2.75, 3.05) is 44.0 Å². The fourth-order valence-corrected chi connectivity index (χ4v) is 5.73. The molecule has 0 aliphatic carbocycles. The van der Waals surface area contributed by atoms with Crippen molar-refractivity contribution in [3.63, 3.8) is 0 Å². The van der Waals surface area contributed by atoms with Crippen molar-refractivity contribution in [2.45, 2.75) is 17.8 Å². The number of nitrogens with one attached hydrogen (secondary N) is 1. The topological polar surface area (TPSA) is 172 Å². The molecule has 1 N–H and O–H groups in total. The molecule has 0 amide bonds. The highest BCUT2D eigenvalue weighted by molar-refractivity contribution is 7.93. The van der Waals surface area contributed by atoms with Crippen LogP contribution in [0.15, 0.2) is 43.2 Å². The molecule has 0 radical (unpaired) electrons. The highest BCUT2D eigenvalue weighted by Crippen LogP contribution is 2.35. The van der Waals surface area contributed by atoms with Gasteiger partial charge in [0.05, 0.1) is 32.7 Å². The lowest BCUT2D eigenvalue weighted by Crippen LogP contribution is -2.51. The van der Waals surface area contributed by atoms with Gasteiger partial charge >= 0.3 is 0 Å². The zero-order valence-electron chi connectivity index (χ0n) is 21.7. The summed E-state index contributed by atoms with van der Waals surface area (Å²) in [4.78, 5) is 22.0. The van der Waals surface area contributed by atoms with E-state index >= 15 is 0 Å². The molecule has 4 aromatic heterocycles. The summed E-state index contributed by atoms with van der Waals surface area (Å²) in [5, 5.41) is 7.39. The number of sulfonamides is 1. The van der Waals surface area contributed by atoms with Crippen LogP contribution in [0.5, 0.6) is 11.8 Å². The van der Waals surface area contributed by atoms with Crippen molar-refractivity contribution in [3.8, 4) is 28.8 Å². The van der Waals surface area contributed by atoms with E-state index in [1.54, 1.807) is 29.4 Å². The van der Waals surface area contributed by atoms with E-state index in [2.05, 4.69) is 39.8 Å². The summed E-state index contributed by atoms with van der Waals surface area (Å²) in [5.41, 5.74) is 0.707. The summed E-state index contributed by atoms with van der Waals surface area (Å²) in [6.45, 7) is 0.344. The Balaban J connectivity index is 1.56. The summed E-state index contributed by atoms with van der Waals surface area (Å²) >= 11 is 0. The Kier molecular flexibility index (Phi) is 7.65. The van der Waals surface area contributed by atoms with Crippen LogP contribution in [0.2, 0.25) is 0 Å². The van der Waals surface area contributed by atoms with Gasteiger partial charge in [0.1, 0.15) is 11.6 Å². The van der Waals surface area contributed by atoms with Crippen LogP contribution in [0, 0.1) is 5.82 Å². The van der Waals surface area contributed by atoms with Gasteiger partial charge in [-0.15, -0.1) is 10.2 Å². The summed E-state index contributed by atoms with van der Waals surface area (Å²) in [7, 11) is 0.168. The molecule has 5 heterocycles. The second-order valence-electron chi connectivity index (χ2n) is 8.63. The number of methoxy groups -OCH3 is 3. The van der Waals surface area contributed by atoms with Crippen molar-refractivity contribution in [3.05, 3.63) is 49.1 Å². The van der Waals surface area contributed by atoms with Crippen LogP contribution in [0.4, 0.5) is 16.3 Å². The molecule has 17 heteroatoms. The Labute approximate surface area is 228 Å². The maximum Gasteiger partial charge on any atom is 0.245 e. The predicted molar refractivity (Wildman–Crippen MR) is 139 cm³/mol. The molecular formula is C23H25FN10O5S. The standard InChI is InChI=1S/C23H25FN10O5S/c1-37-16-7-17(12-33(11-16)22-26-9-15(24)10-27-22)40(35,36)32-23-31-30-19(14-5-4-6-25-8-14)34(23)18-20(38-2)28-13-29-21(18)39-3/h4-6,8-10,13,16-17H,7,11-12H2,1-3H3,(H,31,32)/t16-,17+/m0/s1. The number of halogens is 1. The fraction of sp³-hybridized carbons (Fsp3) is 0.348. The predicted octanol–water partition coefficient (Wildman–Crippen LogP) is 1.10. The smallest absolute Gasteiger partial charge is 0.245 e. The van der Waals surface area contributed by atoms with Crippen LogP contribution in [-0.4, -0.2) is 93.9 Å². The summed E-state index contributed by atoms with van der Waals surface area (Å²) in [5.74, 6) is -0.162. The first kappa shape index (κ1) is 27.1. The normalized spacial score (nSPS) is 17.4. The van der Waals surface area contributed by atoms with Gasteiger partial charge in [-0.3, -0.25) is 14.3 Å². The van der Waals surface area contributed by atoms with E-state index in [1.165, 1.54) is 32.2 Å². The van der Waals surface area contributed by atoms with Crippen LogP contribution in [0.3, 0.4) is 0 Å². The highest BCUT2D eigenvalue weighted by atomic mass is 32.2. The minimum atomic E-state index is -4.13. The Hall–Kier alpha value is -4.51. The van der Waals surface area contributed by atoms with Crippen molar-refractivity contribution in [1.29, 1.82) is 0 Å². The van der Waals surface area contributed by atoms with E-state index in [0.717, 1.165) is 12.4 Å². The van der Waals surface area contributed by atoms with E-state index in [-0.39, 0.29) is 48.1 Å². The third-order valence-corrected chi connectivity index (χ3v) is 7.90. The number of hydrogen-bond donors (Lipinski definition) is 1. The number of hydrogen-bond acceptors (Lipinski definition) is 13. The van der Waals surface area contributed by atoms with E-state index < -0.39 is 27.2 Å². The lowest BCUT2D eigenvalue weighted by molar-refractivity contribution is 0.0898. The molecule has 1 aliphatic rings. The van der Waals surface area contributed by atoms with E-state index in [0.29, 0.717) is 12.1 Å². The highest BCUT2D eigenvalue weighted by Gasteiger charge is 2.38. The molecule has 1 aliphatic heterocycles. The third kappa shape index (κ3) is 5.32. The minimum absolute atomic E-state index is 0.0194. The van der Waals surface area contributed by atoms with Crippen LogP contribution in [-0.2, 0) is 14.8 Å². The van der Waals surface area contributed by atoms with Crippen LogP contribution >= 0.6 is 0 Å². The van der Waals surface area contributed by atoms with Crippen molar-refractivity contribution >= 4 is 21.9 Å². The van der Waals surface area contributed by atoms with Gasteiger partial charge in [-0.1, -0.05) is 0 Å². The number of ether oxygens (including phenoxy) is 3. The van der Waals surface area contributed by atoms with Crippen LogP contribution in [0.25, 0.3) is 17.1 Å². The van der Waals surface area contributed by atoms with Gasteiger partial charge in [-0.25, -0.2) is 22.8 Å². The average Bonchev–Trinajstić information content (AvgIpc) is 3.39. The molecule has 0 spiro atoms. The van der Waals surface area contributed by atoms with Gasteiger partial charge in [0, 0.05) is 38.2 Å². The van der Waals surface area contributed by atoms with Crippen LogP contribution < -0.4 is 19.1 Å². The van der Waals surface area contributed by atoms with Gasteiger partial charge in [0.25, 0.3) is 0 Å². The van der Waals surface area contributed by atoms with Gasteiger partial charge < -0.3 is 19.1 Å². The number of nitrogens with zero attached hydrogens (tertiary/aromatic N) is 9. The monoisotopic (exact) mass is 572 g/mol. The van der Waals surface area contributed by atoms with E-state index in [1.807, 2.05) is 0 Å². The van der Waals surface area contributed by atoms with Crippen molar-refractivity contribution in [1.82, 2.24) is 39.7 Å². The first-order chi connectivity index (χ1) is 19.3. The molecule has 0 bridgehead atoms. The number of anilines is 2. The van der Waals surface area contributed by atoms with Gasteiger partial charge in [0.2, 0.25) is 33.7 Å². The quantitative estimate of drug-likeness (QED) is 0.302. The molecule has 15 nitrogen and oxygen atoms in total. The molecule has 40 heavy (non-hydrogen) atoms. The maximum atomic E-state index is 13.8. The first-order valence-corrected chi connectivity index (χ1v) is 13.4. The van der Waals surface area contributed by atoms with Crippen molar-refractivity contribution in [2.24, 2.45) is 0 Å². The Morgan fingerprint density at radius 1 is 1.00 bits per heavy atom. The van der Waals surface area contributed by atoms with E-state index in [9.17, 15) is 12.8 Å². The molecular weight excluding hydrogens is 547 g/mol. The number of rotatable bonds is 9. The van der Waals surface area contributed by atoms with Crippen LogP contribution in [0.1, 0.15) is 6.42 Å². The lowest BCUT2D eigenvalue weighted by atomic mass is 10.1. The number of aromatic nitrogens is 8. The van der Waals surface area contributed by atoms with E-state index in [4.69, 9.17) is 14.2 Å². The lowest BCUT2D eigenvalue weighted by Gasteiger charge is -2.36. The minimum Gasteiger partial charge on any atom is -0.479 e. The molecule has 0 saturated carbocycles. The summed E-state index contributed by atoms with van der Waals surface area (Å²) in [6, 6.07) is 3.44. The zero-order valence-corrected chi connectivity index (χ0v) is 22.5. The molecule has 210 valence electrons.